The summed E-state index contributed by atoms with van der Waals surface area (Å²) in [5.74, 6) is 0. The second kappa shape index (κ2) is 6.11. The summed E-state index contributed by atoms with van der Waals surface area (Å²) >= 11 is 11.8. The van der Waals surface area contributed by atoms with Crippen LogP contribution >= 0.6 is 23.2 Å². The van der Waals surface area contributed by atoms with Gasteiger partial charge in [-0.15, -0.1) is 0 Å². The molecule has 0 spiro atoms. The summed E-state index contributed by atoms with van der Waals surface area (Å²) in [5, 5.41) is 15.0. The quantitative estimate of drug-likeness (QED) is 0.650. The third-order valence-corrected chi connectivity index (χ3v) is 3.71. The van der Waals surface area contributed by atoms with Crippen LogP contribution in [0.2, 0.25) is 10.0 Å². The van der Waals surface area contributed by atoms with Crippen molar-refractivity contribution in [3.05, 3.63) is 67.7 Å². The maximum absolute atomic E-state index is 10.9. The van der Waals surface area contributed by atoms with Crippen LogP contribution in [-0.2, 0) is 6.54 Å². The van der Waals surface area contributed by atoms with Crippen LogP contribution in [0.25, 0.3) is 0 Å². The number of nitrogens with zero attached hydrogens (tertiary/aromatic N) is 1. The summed E-state index contributed by atoms with van der Waals surface area (Å²) < 4.78 is 0. The number of benzene rings is 2. The molecule has 2 aromatic carbocycles. The molecule has 0 saturated carbocycles. The van der Waals surface area contributed by atoms with Crippen molar-refractivity contribution in [3.8, 4) is 0 Å². The van der Waals surface area contributed by atoms with Gasteiger partial charge in [0, 0.05) is 23.9 Å². The fourth-order valence-electron chi connectivity index (χ4n) is 1.86. The van der Waals surface area contributed by atoms with Gasteiger partial charge in [0.1, 0.15) is 0 Å². The number of nitrogens with one attached hydrogen (secondary N) is 1. The number of anilines is 1. The van der Waals surface area contributed by atoms with E-state index in [9.17, 15) is 10.1 Å². The number of hydrogen-bond acceptors (Lipinski definition) is 3. The molecule has 0 aliphatic rings. The van der Waals surface area contributed by atoms with Crippen LogP contribution in [0.4, 0.5) is 11.4 Å². The first-order valence-electron chi connectivity index (χ1n) is 5.91. The molecule has 2 rings (SSSR count). The molecule has 4 nitrogen and oxygen atoms in total. The summed E-state index contributed by atoms with van der Waals surface area (Å²) in [4.78, 5) is 10.5. The Morgan fingerprint density at radius 2 is 1.95 bits per heavy atom. The number of nitro groups is 1. The van der Waals surface area contributed by atoms with Gasteiger partial charge in [0.05, 0.1) is 15.0 Å². The highest BCUT2D eigenvalue weighted by molar-refractivity contribution is 6.42. The first kappa shape index (κ1) is 14.6. The molecule has 0 aliphatic heterocycles. The van der Waals surface area contributed by atoms with Gasteiger partial charge in [-0.05, 0) is 30.7 Å². The van der Waals surface area contributed by atoms with Crippen molar-refractivity contribution in [1.82, 2.24) is 0 Å². The van der Waals surface area contributed by atoms with E-state index < -0.39 is 0 Å². The summed E-state index contributed by atoms with van der Waals surface area (Å²) in [6.45, 7) is 2.23. The first-order chi connectivity index (χ1) is 9.49. The van der Waals surface area contributed by atoms with Crippen molar-refractivity contribution in [2.24, 2.45) is 0 Å². The lowest BCUT2D eigenvalue weighted by Crippen LogP contribution is -2.02. The van der Waals surface area contributed by atoms with Crippen LogP contribution in [0.3, 0.4) is 0 Å². The highest BCUT2D eigenvalue weighted by atomic mass is 35.5. The number of nitro benzene ring substituents is 1. The average molecular weight is 311 g/mol. The zero-order chi connectivity index (χ0) is 14.7. The molecule has 0 fully saturated rings. The Kier molecular flexibility index (Phi) is 4.47. The fraction of sp³-hybridized carbons (Fsp3) is 0.143. The standard InChI is InChI=1S/C14H12Cl2N2O2/c1-9-13(3-2-4-14(9)18(19)20)17-8-10-5-6-11(15)12(16)7-10/h2-7,17H,8H2,1H3. The molecule has 20 heavy (non-hydrogen) atoms. The summed E-state index contributed by atoms with van der Waals surface area (Å²) in [6, 6.07) is 10.3. The minimum Gasteiger partial charge on any atom is -0.381 e. The minimum atomic E-state index is -0.389. The minimum absolute atomic E-state index is 0.101. The van der Waals surface area contributed by atoms with Crippen LogP contribution < -0.4 is 5.32 Å². The lowest BCUT2D eigenvalue weighted by molar-refractivity contribution is -0.385. The molecule has 0 radical (unpaired) electrons. The average Bonchev–Trinajstić information content (AvgIpc) is 2.41. The fourth-order valence-corrected chi connectivity index (χ4v) is 2.18. The zero-order valence-corrected chi connectivity index (χ0v) is 12.2. The molecule has 0 saturated heterocycles. The van der Waals surface area contributed by atoms with Crippen molar-refractivity contribution < 1.29 is 4.92 Å². The van der Waals surface area contributed by atoms with E-state index in [1.165, 1.54) is 6.07 Å². The number of halogens is 2. The van der Waals surface area contributed by atoms with Gasteiger partial charge in [-0.25, -0.2) is 0 Å². The van der Waals surface area contributed by atoms with Crippen LogP contribution in [0.1, 0.15) is 11.1 Å². The highest BCUT2D eigenvalue weighted by Crippen LogP contribution is 2.26. The van der Waals surface area contributed by atoms with E-state index in [0.717, 1.165) is 11.3 Å². The van der Waals surface area contributed by atoms with Gasteiger partial charge in [0.2, 0.25) is 0 Å². The van der Waals surface area contributed by atoms with Gasteiger partial charge in [-0.1, -0.05) is 35.3 Å². The van der Waals surface area contributed by atoms with Gasteiger partial charge >= 0.3 is 0 Å². The molecule has 0 bridgehead atoms. The van der Waals surface area contributed by atoms with Crippen LogP contribution in [0, 0.1) is 17.0 Å². The highest BCUT2D eigenvalue weighted by Gasteiger charge is 2.12. The molecule has 0 aliphatic carbocycles. The summed E-state index contributed by atoms with van der Waals surface area (Å²) in [6.07, 6.45) is 0. The van der Waals surface area contributed by atoms with Crippen molar-refractivity contribution in [3.63, 3.8) is 0 Å². The third kappa shape index (κ3) is 3.21. The topological polar surface area (TPSA) is 55.2 Å². The van der Waals surface area contributed by atoms with Crippen molar-refractivity contribution in [2.75, 3.05) is 5.32 Å². The predicted octanol–water partition coefficient (Wildman–Crippen LogP) is 4.82. The molecular weight excluding hydrogens is 299 g/mol. The molecule has 0 aromatic heterocycles. The Morgan fingerprint density at radius 1 is 1.20 bits per heavy atom. The van der Waals surface area contributed by atoms with Gasteiger partial charge in [0.25, 0.3) is 5.69 Å². The summed E-state index contributed by atoms with van der Waals surface area (Å²) in [7, 11) is 0. The Labute approximate surface area is 126 Å². The largest absolute Gasteiger partial charge is 0.381 e. The maximum Gasteiger partial charge on any atom is 0.274 e. The number of rotatable bonds is 4. The van der Waals surface area contributed by atoms with Gasteiger partial charge in [0.15, 0.2) is 0 Å². The van der Waals surface area contributed by atoms with Crippen LogP contribution in [0.5, 0.6) is 0 Å². The number of hydrogen-bond donors (Lipinski definition) is 1. The molecule has 0 unspecified atom stereocenters. The zero-order valence-electron chi connectivity index (χ0n) is 10.7. The van der Waals surface area contributed by atoms with Crippen molar-refractivity contribution >= 4 is 34.6 Å². The lowest BCUT2D eigenvalue weighted by atomic mass is 10.1. The summed E-state index contributed by atoms with van der Waals surface area (Å²) in [5.41, 5.74) is 2.39. The second-order valence-corrected chi connectivity index (χ2v) is 5.12. The Morgan fingerprint density at radius 3 is 2.60 bits per heavy atom. The van der Waals surface area contributed by atoms with E-state index >= 15 is 0 Å². The molecular formula is C14H12Cl2N2O2. The molecule has 1 N–H and O–H groups in total. The van der Waals surface area contributed by atoms with Crippen LogP contribution in [-0.4, -0.2) is 4.92 Å². The van der Waals surface area contributed by atoms with Crippen molar-refractivity contribution in [2.45, 2.75) is 13.5 Å². The molecule has 104 valence electrons. The lowest BCUT2D eigenvalue weighted by Gasteiger charge is -2.10. The van der Waals surface area contributed by atoms with E-state index in [1.807, 2.05) is 6.07 Å². The third-order valence-electron chi connectivity index (χ3n) is 2.97. The molecule has 0 amide bonds. The van der Waals surface area contributed by atoms with E-state index in [0.29, 0.717) is 22.2 Å². The monoisotopic (exact) mass is 310 g/mol. The van der Waals surface area contributed by atoms with Crippen LogP contribution in [0.15, 0.2) is 36.4 Å². The van der Waals surface area contributed by atoms with E-state index in [2.05, 4.69) is 5.32 Å². The van der Waals surface area contributed by atoms with E-state index in [4.69, 9.17) is 23.2 Å². The maximum atomic E-state index is 10.9. The van der Waals surface area contributed by atoms with Gasteiger partial charge in [-0.3, -0.25) is 10.1 Å². The SMILES string of the molecule is Cc1c(NCc2ccc(Cl)c(Cl)c2)cccc1[N+](=O)[O-]. The molecule has 0 heterocycles. The Hall–Kier alpha value is -1.78. The smallest absolute Gasteiger partial charge is 0.274 e. The van der Waals surface area contributed by atoms with Gasteiger partial charge < -0.3 is 5.32 Å². The van der Waals surface area contributed by atoms with E-state index in [1.54, 1.807) is 31.2 Å². The molecule has 2 aromatic rings. The molecule has 6 heteroatoms. The first-order valence-corrected chi connectivity index (χ1v) is 6.66. The molecule has 0 atom stereocenters. The van der Waals surface area contributed by atoms with E-state index in [-0.39, 0.29) is 10.6 Å². The van der Waals surface area contributed by atoms with Gasteiger partial charge in [-0.2, -0.15) is 0 Å². The predicted molar refractivity (Wildman–Crippen MR) is 81.6 cm³/mol. The normalized spacial score (nSPS) is 10.3. The second-order valence-electron chi connectivity index (χ2n) is 4.31. The Bertz CT molecular complexity index is 660. The van der Waals surface area contributed by atoms with Crippen molar-refractivity contribution in [1.29, 1.82) is 0 Å². The Balaban J connectivity index is 2.17.